The molecule has 0 saturated heterocycles. The molecule has 1 fully saturated rings. The van der Waals surface area contributed by atoms with Crippen molar-refractivity contribution in [2.24, 2.45) is 11.7 Å². The predicted molar refractivity (Wildman–Crippen MR) is 107 cm³/mol. The zero-order valence-electron chi connectivity index (χ0n) is 15.1. The lowest BCUT2D eigenvalue weighted by atomic mass is 10.1. The first-order valence-electron chi connectivity index (χ1n) is 8.91. The number of carbonyl (C=O) groups is 1. The number of carbonyl (C=O) groups excluding carboxylic acids is 1. The van der Waals surface area contributed by atoms with Crippen LogP contribution in [0.15, 0.2) is 48.5 Å². The summed E-state index contributed by atoms with van der Waals surface area (Å²) >= 11 is 0. The van der Waals surface area contributed by atoms with E-state index < -0.39 is 0 Å². The summed E-state index contributed by atoms with van der Waals surface area (Å²) in [5.41, 5.74) is 9.08. The smallest absolute Gasteiger partial charge is 0.224 e. The second-order valence-electron chi connectivity index (χ2n) is 6.79. The summed E-state index contributed by atoms with van der Waals surface area (Å²) in [5, 5.41) is 3.06. The fraction of sp³-hybridized carbons (Fsp3) is 0.381. The molecule has 0 heterocycles. The Kier molecular flexibility index (Phi) is 7.49. The fourth-order valence-electron chi connectivity index (χ4n) is 2.99. The molecule has 1 aliphatic rings. The summed E-state index contributed by atoms with van der Waals surface area (Å²) in [7, 11) is 0. The van der Waals surface area contributed by atoms with Crippen molar-refractivity contribution in [3.05, 3.63) is 65.2 Å². The van der Waals surface area contributed by atoms with Gasteiger partial charge in [0.25, 0.3) is 0 Å². The van der Waals surface area contributed by atoms with E-state index in [9.17, 15) is 4.79 Å². The lowest BCUT2D eigenvalue weighted by Gasteiger charge is -2.16. The van der Waals surface area contributed by atoms with Gasteiger partial charge in [0.1, 0.15) is 12.4 Å². The van der Waals surface area contributed by atoms with Crippen molar-refractivity contribution in [2.75, 3.05) is 6.54 Å². The van der Waals surface area contributed by atoms with E-state index in [1.807, 2.05) is 36.4 Å². The topological polar surface area (TPSA) is 64.3 Å². The number of ether oxygens (including phenoxy) is 1. The van der Waals surface area contributed by atoms with Crippen molar-refractivity contribution in [1.82, 2.24) is 5.32 Å². The largest absolute Gasteiger partial charge is 0.489 e. The van der Waals surface area contributed by atoms with Gasteiger partial charge in [-0.15, -0.1) is 12.4 Å². The van der Waals surface area contributed by atoms with Gasteiger partial charge < -0.3 is 15.8 Å². The van der Waals surface area contributed by atoms with Crippen LogP contribution in [0.4, 0.5) is 0 Å². The van der Waals surface area contributed by atoms with Crippen LogP contribution in [0, 0.1) is 12.8 Å². The molecule has 1 amide bonds. The van der Waals surface area contributed by atoms with Gasteiger partial charge in [-0.05, 0) is 54.5 Å². The van der Waals surface area contributed by atoms with Gasteiger partial charge >= 0.3 is 0 Å². The monoisotopic (exact) mass is 374 g/mol. The SMILES string of the molecule is Cc1ccccc1COc1cccc(CC(=O)NC(CN)C2CC2)c1.Cl. The number of nitrogens with two attached hydrogens (primary N) is 1. The van der Waals surface area contributed by atoms with Crippen molar-refractivity contribution in [2.45, 2.75) is 38.8 Å². The van der Waals surface area contributed by atoms with E-state index in [1.165, 1.54) is 24.0 Å². The minimum Gasteiger partial charge on any atom is -0.489 e. The van der Waals surface area contributed by atoms with E-state index in [2.05, 4.69) is 24.4 Å². The highest BCUT2D eigenvalue weighted by Gasteiger charge is 2.31. The second kappa shape index (κ2) is 9.60. The second-order valence-corrected chi connectivity index (χ2v) is 6.79. The van der Waals surface area contributed by atoms with Gasteiger partial charge in [0.2, 0.25) is 5.91 Å². The summed E-state index contributed by atoms with van der Waals surface area (Å²) in [4.78, 5) is 12.2. The molecule has 5 heteroatoms. The minimum absolute atomic E-state index is 0. The van der Waals surface area contributed by atoms with Crippen molar-refractivity contribution in [3.63, 3.8) is 0 Å². The van der Waals surface area contributed by atoms with Crippen molar-refractivity contribution in [3.8, 4) is 5.75 Å². The number of nitrogens with one attached hydrogen (secondary N) is 1. The third kappa shape index (κ3) is 5.75. The summed E-state index contributed by atoms with van der Waals surface area (Å²) < 4.78 is 5.89. The molecule has 0 radical (unpaired) electrons. The Labute approximate surface area is 161 Å². The van der Waals surface area contributed by atoms with Crippen LogP contribution in [0.3, 0.4) is 0 Å². The van der Waals surface area contributed by atoms with Crippen LogP contribution < -0.4 is 15.8 Å². The molecule has 140 valence electrons. The number of hydrogen-bond donors (Lipinski definition) is 2. The molecule has 1 saturated carbocycles. The number of benzene rings is 2. The van der Waals surface area contributed by atoms with Gasteiger partial charge in [-0.2, -0.15) is 0 Å². The van der Waals surface area contributed by atoms with E-state index in [4.69, 9.17) is 10.5 Å². The lowest BCUT2D eigenvalue weighted by Crippen LogP contribution is -2.42. The van der Waals surface area contributed by atoms with Gasteiger partial charge in [0.05, 0.1) is 6.42 Å². The summed E-state index contributed by atoms with van der Waals surface area (Å²) in [6.45, 7) is 3.11. The maximum Gasteiger partial charge on any atom is 0.224 e. The Bertz CT molecular complexity index is 731. The molecule has 0 aromatic heterocycles. The lowest BCUT2D eigenvalue weighted by molar-refractivity contribution is -0.121. The zero-order chi connectivity index (χ0) is 17.6. The van der Waals surface area contributed by atoms with Gasteiger partial charge in [0.15, 0.2) is 0 Å². The molecule has 0 aliphatic heterocycles. The van der Waals surface area contributed by atoms with E-state index in [1.54, 1.807) is 0 Å². The number of halogens is 1. The molecule has 0 bridgehead atoms. The number of aryl methyl sites for hydroxylation is 1. The third-order valence-electron chi connectivity index (χ3n) is 4.71. The zero-order valence-corrected chi connectivity index (χ0v) is 15.9. The van der Waals surface area contributed by atoms with E-state index >= 15 is 0 Å². The molecular formula is C21H27ClN2O2. The van der Waals surface area contributed by atoms with Crippen LogP contribution in [-0.2, 0) is 17.8 Å². The number of rotatable bonds is 8. The van der Waals surface area contributed by atoms with Gasteiger partial charge in [-0.25, -0.2) is 0 Å². The minimum atomic E-state index is 0. The highest BCUT2D eigenvalue weighted by molar-refractivity contribution is 5.85. The van der Waals surface area contributed by atoms with Crippen LogP contribution in [-0.4, -0.2) is 18.5 Å². The summed E-state index contributed by atoms with van der Waals surface area (Å²) in [6.07, 6.45) is 2.69. The highest BCUT2D eigenvalue weighted by Crippen LogP contribution is 2.32. The Balaban J connectivity index is 0.00000243. The average Bonchev–Trinajstić information content (AvgIpc) is 3.44. The van der Waals surface area contributed by atoms with E-state index in [0.717, 1.165) is 11.3 Å². The third-order valence-corrected chi connectivity index (χ3v) is 4.71. The Morgan fingerprint density at radius 3 is 2.69 bits per heavy atom. The number of hydrogen-bond acceptors (Lipinski definition) is 3. The summed E-state index contributed by atoms with van der Waals surface area (Å²) in [6, 6.07) is 16.0. The molecule has 1 atom stereocenters. The van der Waals surface area contributed by atoms with Gasteiger partial charge in [-0.3, -0.25) is 4.79 Å². The van der Waals surface area contributed by atoms with Crippen molar-refractivity contribution in [1.29, 1.82) is 0 Å². The summed E-state index contributed by atoms with van der Waals surface area (Å²) in [5.74, 6) is 1.38. The highest BCUT2D eigenvalue weighted by atomic mass is 35.5. The first kappa shape index (κ1) is 20.3. The molecule has 1 unspecified atom stereocenters. The van der Waals surface area contributed by atoms with Crippen molar-refractivity contribution < 1.29 is 9.53 Å². The first-order valence-corrected chi connectivity index (χ1v) is 8.91. The molecular weight excluding hydrogens is 348 g/mol. The molecule has 26 heavy (non-hydrogen) atoms. The molecule has 2 aromatic carbocycles. The Hall–Kier alpha value is -2.04. The van der Waals surface area contributed by atoms with E-state index in [0.29, 0.717) is 25.5 Å². The first-order chi connectivity index (χ1) is 12.2. The molecule has 0 spiro atoms. The molecule has 2 aromatic rings. The van der Waals surface area contributed by atoms with Crippen LogP contribution >= 0.6 is 12.4 Å². The average molecular weight is 375 g/mol. The predicted octanol–water partition coefficient (Wildman–Crippen LogP) is 3.39. The normalized spacial score (nSPS) is 14.2. The van der Waals surface area contributed by atoms with E-state index in [-0.39, 0.29) is 24.4 Å². The fourth-order valence-corrected chi connectivity index (χ4v) is 2.99. The van der Waals surface area contributed by atoms with Crippen molar-refractivity contribution >= 4 is 18.3 Å². The van der Waals surface area contributed by atoms with Crippen LogP contribution in [0.2, 0.25) is 0 Å². The molecule has 3 N–H and O–H groups in total. The standard InChI is InChI=1S/C21H26N2O2.ClH/c1-15-5-2-3-7-18(15)14-25-19-8-4-6-16(11-19)12-21(24)23-20(13-22)17-9-10-17;/h2-8,11,17,20H,9-10,12-14,22H2,1H3,(H,23,24);1H. The van der Waals surface area contributed by atoms with Crippen LogP contribution in [0.25, 0.3) is 0 Å². The maximum atomic E-state index is 12.2. The van der Waals surface area contributed by atoms with Crippen LogP contribution in [0.5, 0.6) is 5.75 Å². The quantitative estimate of drug-likeness (QED) is 0.744. The van der Waals surface area contributed by atoms with Crippen LogP contribution in [0.1, 0.15) is 29.5 Å². The number of amides is 1. The Morgan fingerprint density at radius 1 is 1.23 bits per heavy atom. The Morgan fingerprint density at radius 2 is 2.00 bits per heavy atom. The van der Waals surface area contributed by atoms with Gasteiger partial charge in [-0.1, -0.05) is 36.4 Å². The van der Waals surface area contributed by atoms with Gasteiger partial charge in [0, 0.05) is 12.6 Å². The molecule has 1 aliphatic carbocycles. The maximum absolute atomic E-state index is 12.2. The molecule has 3 rings (SSSR count). The molecule has 4 nitrogen and oxygen atoms in total.